The molecular weight excluding hydrogens is 1430 g/mol. The number of aromatic nitrogens is 1. The molecule has 6 heteroatoms. The summed E-state index contributed by atoms with van der Waals surface area (Å²) < 4.78 is 2.52. The molecule has 20 rings (SSSR count). The Balaban J connectivity index is 0.929. The van der Waals surface area contributed by atoms with Crippen molar-refractivity contribution < 1.29 is 0 Å². The Bertz CT molecular complexity index is 6510. The maximum Gasteiger partial charge on any atom is 0.252 e. The molecule has 0 fully saturated rings. The van der Waals surface area contributed by atoms with Gasteiger partial charge in [0.15, 0.2) is 16.1 Å². The summed E-state index contributed by atoms with van der Waals surface area (Å²) in [6, 6.07) is 155. The molecule has 0 saturated carbocycles. The summed E-state index contributed by atoms with van der Waals surface area (Å²) in [6.45, 7) is 18.2. The molecule has 0 radical (unpaired) electrons. The smallest absolute Gasteiger partial charge is 0.252 e. The van der Waals surface area contributed by atoms with E-state index in [1.54, 1.807) is 0 Å². The third kappa shape index (κ3) is 12.0. The molecule has 2 aliphatic heterocycles. The highest BCUT2D eigenvalue weighted by atomic mass is 28.3. The third-order valence-corrected chi connectivity index (χ3v) is 34.6. The zero-order valence-corrected chi connectivity index (χ0v) is 69.0. The van der Waals surface area contributed by atoms with Crippen LogP contribution in [0.2, 0.25) is 0 Å². The van der Waals surface area contributed by atoms with Gasteiger partial charge in [0.05, 0.1) is 11.0 Å². The van der Waals surface area contributed by atoms with E-state index in [0.29, 0.717) is 0 Å². The van der Waals surface area contributed by atoms with E-state index in [1.807, 2.05) is 0 Å². The average molecular weight is 1520 g/mol. The van der Waals surface area contributed by atoms with E-state index in [1.165, 1.54) is 135 Å². The van der Waals surface area contributed by atoms with Crippen LogP contribution in [0.4, 0.5) is 34.1 Å². The Morgan fingerprint density at radius 2 is 0.690 bits per heavy atom. The maximum absolute atomic E-state index is 3.19. The van der Waals surface area contributed by atoms with Crippen LogP contribution in [-0.2, 0) is 10.8 Å². The van der Waals surface area contributed by atoms with Gasteiger partial charge in [-0.05, 0) is 223 Å². The fraction of sp³-hybridized carbons (Fsp3) is 0.0909. The van der Waals surface area contributed by atoms with Crippen molar-refractivity contribution in [2.24, 2.45) is 0 Å². The second kappa shape index (κ2) is 28.5. The molecule has 3 heterocycles. The summed E-state index contributed by atoms with van der Waals surface area (Å²) in [4.78, 5) is 5.36. The molecule has 0 unspecified atom stereocenters. The number of hydrogen-bond donors (Lipinski definition) is 0. The number of hydrogen-bond acceptors (Lipinski definition) is 2. The van der Waals surface area contributed by atoms with Crippen LogP contribution in [0, 0.1) is 13.8 Å². The highest BCUT2D eigenvalue weighted by Crippen LogP contribution is 2.49. The molecule has 0 atom stereocenters. The number of aryl methyl sites for hydroxylation is 2. The van der Waals surface area contributed by atoms with E-state index in [-0.39, 0.29) is 17.5 Å². The number of benzene rings is 17. The van der Waals surface area contributed by atoms with Gasteiger partial charge in [-0.25, -0.2) is 0 Å². The van der Waals surface area contributed by atoms with Crippen LogP contribution >= 0.6 is 0 Å². The quantitative estimate of drug-likeness (QED) is 0.0794. The SMILES string of the molecule is Cc1ccc2c(c1)c1cc(C)ccc1n2-c1cc(-c2cc3c4c(c2)N(c2ccc(-c5cc(C(C)(C)C)cc(C(C)(C)C)c5)cc2)c2cc([Si](c5ccccc5)(c5ccccc5)c5ccccc5)ccc2B4c2cc(-c4ccccc4)ccc2N3c2cccc([Si](c3ccccc3)(c3ccccc3)c3ccccc3)c2)c2ccccc2c1. The lowest BCUT2D eigenvalue weighted by Crippen LogP contribution is -2.75. The van der Waals surface area contributed by atoms with E-state index in [4.69, 9.17) is 0 Å². The van der Waals surface area contributed by atoms with Crippen LogP contribution in [-0.4, -0.2) is 27.4 Å². The third-order valence-electron chi connectivity index (χ3n) is 25.0. The maximum atomic E-state index is 2.69. The normalized spacial score (nSPS) is 12.8. The van der Waals surface area contributed by atoms with Gasteiger partial charge >= 0.3 is 0 Å². The summed E-state index contributed by atoms with van der Waals surface area (Å²) in [6.07, 6.45) is 0. The van der Waals surface area contributed by atoms with E-state index >= 15 is 0 Å². The van der Waals surface area contributed by atoms with Gasteiger partial charge in [-0.15, -0.1) is 0 Å². The minimum Gasteiger partial charge on any atom is -0.311 e. The Morgan fingerprint density at radius 3 is 1.19 bits per heavy atom. The van der Waals surface area contributed by atoms with Crippen molar-refractivity contribution in [3.8, 4) is 39.1 Å². The zero-order chi connectivity index (χ0) is 78.6. The van der Waals surface area contributed by atoms with E-state index in [2.05, 4.69) is 470 Å². The summed E-state index contributed by atoms with van der Waals surface area (Å²) >= 11 is 0. The first-order chi connectivity index (χ1) is 56.6. The van der Waals surface area contributed by atoms with Crippen molar-refractivity contribution >= 4 is 147 Å². The number of nitrogens with zero attached hydrogens (tertiary/aromatic N) is 3. The van der Waals surface area contributed by atoms with E-state index in [0.717, 1.165) is 50.9 Å². The van der Waals surface area contributed by atoms with Crippen molar-refractivity contribution in [2.75, 3.05) is 9.80 Å². The van der Waals surface area contributed by atoms with Crippen LogP contribution in [0.3, 0.4) is 0 Å². The molecule has 0 N–H and O–H groups in total. The van der Waals surface area contributed by atoms with Crippen molar-refractivity contribution in [3.63, 3.8) is 0 Å². The molecular formula is C110H90BN3Si2. The molecule has 0 amide bonds. The predicted molar refractivity (Wildman–Crippen MR) is 503 cm³/mol. The lowest BCUT2D eigenvalue weighted by atomic mass is 9.33. The van der Waals surface area contributed by atoms with E-state index in [9.17, 15) is 0 Å². The van der Waals surface area contributed by atoms with Crippen LogP contribution in [0.5, 0.6) is 0 Å². The Morgan fingerprint density at radius 1 is 0.250 bits per heavy atom. The minimum absolute atomic E-state index is 0.0669. The summed E-state index contributed by atoms with van der Waals surface area (Å²) in [5.41, 5.74) is 26.0. The lowest BCUT2D eigenvalue weighted by molar-refractivity contribution is 0.569. The monoisotopic (exact) mass is 1520 g/mol. The molecule has 1 aromatic heterocycles. The highest BCUT2D eigenvalue weighted by molar-refractivity contribution is 7.20. The molecule has 17 aromatic carbocycles. The lowest BCUT2D eigenvalue weighted by Gasteiger charge is -2.45. The van der Waals surface area contributed by atoms with Gasteiger partial charge in [-0.1, -0.05) is 368 Å². The number of anilines is 6. The van der Waals surface area contributed by atoms with Gasteiger partial charge in [0, 0.05) is 50.6 Å². The molecule has 116 heavy (non-hydrogen) atoms. The second-order valence-electron chi connectivity index (χ2n) is 34.1. The van der Waals surface area contributed by atoms with Crippen LogP contribution < -0.4 is 67.7 Å². The number of rotatable bonds is 14. The fourth-order valence-electron chi connectivity index (χ4n) is 19.4. The van der Waals surface area contributed by atoms with Gasteiger partial charge in [-0.3, -0.25) is 0 Å². The first-order valence-corrected chi connectivity index (χ1v) is 45.0. The summed E-state index contributed by atoms with van der Waals surface area (Å²) in [5, 5.41) is 15.4. The number of fused-ring (bicyclic) bond motifs is 8. The van der Waals surface area contributed by atoms with Crippen molar-refractivity contribution in [1.82, 2.24) is 4.57 Å². The van der Waals surface area contributed by atoms with Crippen LogP contribution in [0.1, 0.15) is 63.8 Å². The summed E-state index contributed by atoms with van der Waals surface area (Å²) in [7, 11) is -6.30. The van der Waals surface area contributed by atoms with Gasteiger partial charge in [0.1, 0.15) is 0 Å². The second-order valence-corrected chi connectivity index (χ2v) is 41.7. The minimum atomic E-state index is -3.19. The fourth-order valence-corrected chi connectivity index (χ4v) is 29.0. The first kappa shape index (κ1) is 71.9. The largest absolute Gasteiger partial charge is 0.311 e. The standard InChI is InChI=1S/C110H90BN3Si2/c1-75-51-60-102-98(63-75)99-64-76(2)52-61-103(99)114(102)87-67-80-35-30-31-50-96(80)97(73-87)82-69-106-108-107(70-82)113(86-36-32-49-94(72-86)115(88-37-18-10-19-38-88,89-39-20-11-21-40-89)90-41-22-12-23-42-90)104-62-55-79(77-33-16-9-17-34-77)68-101(104)111(108)100-59-58-95(116(91-43-24-13-25-44-91,92-45-26-14-27-46-92)93-47-28-15-29-48-93)74-105(100)112(106)85-56-53-78(54-57-85)81-65-83(109(3,4)5)71-84(66-81)110(6,7)8/h9-74H,1-8H3. The van der Waals surface area contributed by atoms with Gasteiger partial charge in [0.2, 0.25) is 0 Å². The van der Waals surface area contributed by atoms with Gasteiger partial charge in [-0.2, -0.15) is 0 Å². The average Bonchev–Trinajstić information content (AvgIpc) is 0.736. The Labute approximate surface area is 684 Å². The Hall–Kier alpha value is -13.1. The first-order valence-electron chi connectivity index (χ1n) is 41.0. The van der Waals surface area contributed by atoms with Gasteiger partial charge < -0.3 is 14.4 Å². The molecule has 2 aliphatic rings. The Kier molecular flexibility index (Phi) is 17.6. The molecule has 18 aromatic rings. The topological polar surface area (TPSA) is 11.4 Å². The zero-order valence-electron chi connectivity index (χ0n) is 67.0. The molecule has 0 bridgehead atoms. The summed E-state index contributed by atoms with van der Waals surface area (Å²) in [5.74, 6) is 0. The molecule has 3 nitrogen and oxygen atoms in total. The molecule has 0 aliphatic carbocycles. The molecule has 556 valence electrons. The highest BCUT2D eigenvalue weighted by Gasteiger charge is 2.48. The van der Waals surface area contributed by atoms with Crippen molar-refractivity contribution in [3.05, 3.63) is 423 Å². The molecule has 0 saturated heterocycles. The van der Waals surface area contributed by atoms with Crippen molar-refractivity contribution in [1.29, 1.82) is 0 Å². The van der Waals surface area contributed by atoms with E-state index < -0.39 is 16.1 Å². The van der Waals surface area contributed by atoms with Gasteiger partial charge in [0.25, 0.3) is 6.71 Å². The van der Waals surface area contributed by atoms with Crippen molar-refractivity contribution in [2.45, 2.75) is 66.2 Å². The molecule has 0 spiro atoms. The van der Waals surface area contributed by atoms with Crippen LogP contribution in [0.25, 0.3) is 71.6 Å². The predicted octanol–water partition coefficient (Wildman–Crippen LogP) is 21.0. The van der Waals surface area contributed by atoms with Crippen LogP contribution in [0.15, 0.2) is 400 Å².